The van der Waals surface area contributed by atoms with Crippen molar-refractivity contribution >= 4 is 19.8 Å². The minimum Gasteiger partial charge on any atom is -0.462 e. The van der Waals surface area contributed by atoms with Crippen molar-refractivity contribution in [2.45, 2.75) is 174 Å². The molecule has 0 aromatic rings. The summed E-state index contributed by atoms with van der Waals surface area (Å²) in [6.07, 6.45) is 49.2. The molecular formula is C45H78NO8P. The topological polar surface area (TPSA) is 134 Å². The number of ether oxygens (including phenoxy) is 2. The molecule has 0 amide bonds. The summed E-state index contributed by atoms with van der Waals surface area (Å²) >= 11 is 0. The number of hydrogen-bond donors (Lipinski definition) is 2. The molecule has 3 N–H and O–H groups in total. The van der Waals surface area contributed by atoms with Crippen LogP contribution >= 0.6 is 7.82 Å². The zero-order chi connectivity index (χ0) is 40.3. The number of hydrogen-bond acceptors (Lipinski definition) is 8. The van der Waals surface area contributed by atoms with Gasteiger partial charge in [-0.2, -0.15) is 0 Å². The Labute approximate surface area is 335 Å². The lowest BCUT2D eigenvalue weighted by Gasteiger charge is -2.19. The quantitative estimate of drug-likeness (QED) is 0.0270. The van der Waals surface area contributed by atoms with Crippen molar-refractivity contribution in [3.05, 3.63) is 72.9 Å². The van der Waals surface area contributed by atoms with E-state index < -0.39 is 32.5 Å². The third kappa shape index (κ3) is 40.9. The number of unbranched alkanes of at least 4 members (excludes halogenated alkanes) is 14. The van der Waals surface area contributed by atoms with Crippen LogP contribution in [0.15, 0.2) is 72.9 Å². The summed E-state index contributed by atoms with van der Waals surface area (Å²) in [5.74, 6) is -0.885. The molecule has 55 heavy (non-hydrogen) atoms. The Hall–Kier alpha value is -2.55. The van der Waals surface area contributed by atoms with Crippen molar-refractivity contribution < 1.29 is 37.6 Å². The van der Waals surface area contributed by atoms with Crippen molar-refractivity contribution in [3.8, 4) is 0 Å². The van der Waals surface area contributed by atoms with E-state index in [9.17, 15) is 19.0 Å². The molecule has 0 rings (SSSR count). The molecule has 0 bridgehead atoms. The number of rotatable bonds is 39. The maximum atomic E-state index is 12.6. The van der Waals surface area contributed by atoms with Gasteiger partial charge in [-0.25, -0.2) is 4.57 Å². The van der Waals surface area contributed by atoms with Crippen LogP contribution in [0.5, 0.6) is 0 Å². The van der Waals surface area contributed by atoms with Crippen molar-refractivity contribution in [2.75, 3.05) is 26.4 Å². The van der Waals surface area contributed by atoms with Crippen LogP contribution in [-0.2, 0) is 32.7 Å². The normalized spacial score (nSPS) is 14.0. The van der Waals surface area contributed by atoms with Gasteiger partial charge in [-0.05, 0) is 89.9 Å². The van der Waals surface area contributed by atoms with Crippen molar-refractivity contribution in [1.29, 1.82) is 0 Å². The van der Waals surface area contributed by atoms with Gasteiger partial charge in [-0.3, -0.25) is 18.6 Å². The highest BCUT2D eigenvalue weighted by Gasteiger charge is 2.25. The van der Waals surface area contributed by atoms with Crippen LogP contribution in [0, 0.1) is 0 Å². The Morgan fingerprint density at radius 3 is 1.38 bits per heavy atom. The first-order valence-corrected chi connectivity index (χ1v) is 22.9. The number of allylic oxidation sites excluding steroid dienone is 12. The molecule has 10 heteroatoms. The Morgan fingerprint density at radius 1 is 0.545 bits per heavy atom. The van der Waals surface area contributed by atoms with E-state index in [4.69, 9.17) is 24.3 Å². The molecule has 0 saturated carbocycles. The van der Waals surface area contributed by atoms with Crippen molar-refractivity contribution in [1.82, 2.24) is 0 Å². The number of phosphoric acid groups is 1. The van der Waals surface area contributed by atoms with Crippen LogP contribution in [0.3, 0.4) is 0 Å². The molecule has 316 valence electrons. The van der Waals surface area contributed by atoms with E-state index in [0.717, 1.165) is 77.0 Å². The minimum atomic E-state index is -4.39. The van der Waals surface area contributed by atoms with E-state index in [1.807, 2.05) is 0 Å². The fourth-order valence-corrected chi connectivity index (χ4v) is 6.12. The lowest BCUT2D eigenvalue weighted by molar-refractivity contribution is -0.161. The number of phosphoric ester groups is 1. The van der Waals surface area contributed by atoms with Gasteiger partial charge >= 0.3 is 19.8 Å². The average molecular weight is 792 g/mol. The smallest absolute Gasteiger partial charge is 0.462 e. The second kappa shape index (κ2) is 41.1. The zero-order valence-electron chi connectivity index (χ0n) is 34.6. The van der Waals surface area contributed by atoms with Gasteiger partial charge in [0.2, 0.25) is 0 Å². The van der Waals surface area contributed by atoms with Gasteiger partial charge in [0, 0.05) is 19.4 Å². The zero-order valence-corrected chi connectivity index (χ0v) is 35.5. The lowest BCUT2D eigenvalue weighted by Crippen LogP contribution is -2.29. The molecule has 0 fully saturated rings. The van der Waals surface area contributed by atoms with E-state index in [-0.39, 0.29) is 32.6 Å². The summed E-state index contributed by atoms with van der Waals surface area (Å²) in [5, 5.41) is 0. The standard InChI is InChI=1S/C45H78NO8P/c1-3-5-7-9-11-13-15-17-19-21-23-25-27-29-31-33-35-37-44(47)51-41-43(42-53-55(49,50)52-40-39-46)54-45(48)38-36-34-32-30-28-26-24-22-20-18-16-14-12-10-8-6-4-2/h11-14,17-20,23-26,43H,3-10,15-16,21-22,27-42,46H2,1-2H3,(H,49,50)/b13-11-,14-12-,19-17-,20-18-,25-23-,26-24-/t43-/m1/s1. The van der Waals surface area contributed by atoms with Crippen molar-refractivity contribution in [3.63, 3.8) is 0 Å². The van der Waals surface area contributed by atoms with Crippen LogP contribution < -0.4 is 5.73 Å². The molecule has 0 radical (unpaired) electrons. The molecule has 0 aliphatic carbocycles. The third-order valence-corrected chi connectivity index (χ3v) is 9.55. The number of carbonyl (C=O) groups is 2. The van der Waals surface area contributed by atoms with Gasteiger partial charge < -0.3 is 20.1 Å². The lowest BCUT2D eigenvalue weighted by atomic mass is 10.1. The van der Waals surface area contributed by atoms with Crippen LogP contribution in [0.2, 0.25) is 0 Å². The molecule has 0 aromatic heterocycles. The molecule has 0 aliphatic rings. The fraction of sp³-hybridized carbons (Fsp3) is 0.689. The maximum absolute atomic E-state index is 12.6. The summed E-state index contributed by atoms with van der Waals surface area (Å²) < 4.78 is 32.7. The highest BCUT2D eigenvalue weighted by molar-refractivity contribution is 7.47. The second-order valence-corrected chi connectivity index (χ2v) is 15.3. The molecule has 0 saturated heterocycles. The van der Waals surface area contributed by atoms with Crippen LogP contribution in [0.25, 0.3) is 0 Å². The maximum Gasteiger partial charge on any atom is 0.472 e. The highest BCUT2D eigenvalue weighted by atomic mass is 31.2. The summed E-state index contributed by atoms with van der Waals surface area (Å²) in [6, 6.07) is 0. The highest BCUT2D eigenvalue weighted by Crippen LogP contribution is 2.43. The molecule has 2 atom stereocenters. The Bertz CT molecular complexity index is 1130. The van der Waals surface area contributed by atoms with E-state index in [2.05, 4.69) is 86.8 Å². The number of esters is 2. The molecule has 0 aromatic carbocycles. The van der Waals surface area contributed by atoms with Gasteiger partial charge in [0.15, 0.2) is 6.10 Å². The summed E-state index contributed by atoms with van der Waals surface area (Å²) in [4.78, 5) is 34.8. The average Bonchev–Trinajstić information content (AvgIpc) is 3.17. The SMILES string of the molecule is CCCCC/C=C\C/C=C\C/C=C\CCCCCCC(=O)OC[C@H](COP(=O)(O)OCCN)OC(=O)CCCCCC/C=C\C/C=C\C/C=C\CCCCC. The van der Waals surface area contributed by atoms with Gasteiger partial charge in [0.25, 0.3) is 0 Å². The molecule has 0 spiro atoms. The molecule has 0 heterocycles. The van der Waals surface area contributed by atoms with Crippen LogP contribution in [0.4, 0.5) is 0 Å². The molecule has 1 unspecified atom stereocenters. The number of nitrogens with two attached hydrogens (primary N) is 1. The van der Waals surface area contributed by atoms with Crippen LogP contribution in [-0.4, -0.2) is 49.3 Å². The second-order valence-electron chi connectivity index (χ2n) is 13.8. The van der Waals surface area contributed by atoms with Crippen LogP contribution in [0.1, 0.15) is 168 Å². The van der Waals surface area contributed by atoms with Gasteiger partial charge in [0.1, 0.15) is 6.61 Å². The van der Waals surface area contributed by atoms with Gasteiger partial charge in [0.05, 0.1) is 13.2 Å². The van der Waals surface area contributed by atoms with Crippen molar-refractivity contribution in [2.24, 2.45) is 5.73 Å². The third-order valence-electron chi connectivity index (χ3n) is 8.56. The van der Waals surface area contributed by atoms with E-state index in [1.165, 1.54) is 51.4 Å². The van der Waals surface area contributed by atoms with Gasteiger partial charge in [-0.1, -0.05) is 138 Å². The fourth-order valence-electron chi connectivity index (χ4n) is 5.35. The van der Waals surface area contributed by atoms with E-state index in [1.54, 1.807) is 0 Å². The van der Waals surface area contributed by atoms with Gasteiger partial charge in [-0.15, -0.1) is 0 Å². The van der Waals surface area contributed by atoms with E-state index >= 15 is 0 Å². The molecule has 9 nitrogen and oxygen atoms in total. The first kappa shape index (κ1) is 52.5. The largest absolute Gasteiger partial charge is 0.472 e. The monoisotopic (exact) mass is 792 g/mol. The Balaban J connectivity index is 4.27. The molecule has 0 aliphatic heterocycles. The first-order valence-electron chi connectivity index (χ1n) is 21.4. The molecular weight excluding hydrogens is 713 g/mol. The number of carbonyl (C=O) groups excluding carboxylic acids is 2. The summed E-state index contributed by atoms with van der Waals surface area (Å²) in [7, 11) is -4.39. The minimum absolute atomic E-state index is 0.0425. The first-order chi connectivity index (χ1) is 26.8. The summed E-state index contributed by atoms with van der Waals surface area (Å²) in [5.41, 5.74) is 5.34. The predicted octanol–water partition coefficient (Wildman–Crippen LogP) is 12.3. The Kier molecular flexibility index (Phi) is 39.2. The summed E-state index contributed by atoms with van der Waals surface area (Å²) in [6.45, 7) is 3.61. The Morgan fingerprint density at radius 2 is 0.945 bits per heavy atom. The van der Waals surface area contributed by atoms with E-state index in [0.29, 0.717) is 12.8 Å². The predicted molar refractivity (Wildman–Crippen MR) is 229 cm³/mol.